The molecule has 1 heterocycles. The second-order valence-electron chi connectivity index (χ2n) is 4.27. The molecule has 2 heteroatoms. The van der Waals surface area contributed by atoms with Crippen LogP contribution in [0.5, 0.6) is 0 Å². The Morgan fingerprint density at radius 3 is 2.64 bits per heavy atom. The second-order valence-corrected chi connectivity index (χ2v) is 4.27. The molecule has 1 aromatic heterocycles. The highest BCUT2D eigenvalue weighted by Gasteiger charge is 2.19. The molecular weight excluding hydrogens is 174 g/mol. The number of hydrogen-bond acceptors (Lipinski definition) is 2. The number of hydrogen-bond donors (Lipinski definition) is 1. The molecule has 1 aliphatic rings. The first-order valence-electron chi connectivity index (χ1n) is 5.60. The van der Waals surface area contributed by atoms with Crippen LogP contribution in [0.25, 0.3) is 0 Å². The van der Waals surface area contributed by atoms with E-state index in [0.717, 1.165) is 5.76 Å². The molecular formula is C12H19NO. The Balaban J connectivity index is 2.14. The topological polar surface area (TPSA) is 39.2 Å². The van der Waals surface area contributed by atoms with E-state index < -0.39 is 0 Å². The summed E-state index contributed by atoms with van der Waals surface area (Å²) in [6, 6.07) is 2.16. The zero-order valence-corrected chi connectivity index (χ0v) is 8.88. The summed E-state index contributed by atoms with van der Waals surface area (Å²) in [4.78, 5) is 0. The Morgan fingerprint density at radius 1 is 1.36 bits per heavy atom. The van der Waals surface area contributed by atoms with E-state index in [1.54, 1.807) is 0 Å². The molecule has 1 aliphatic carbocycles. The van der Waals surface area contributed by atoms with Crippen molar-refractivity contribution in [2.75, 3.05) is 0 Å². The Bertz CT molecular complexity index is 297. The van der Waals surface area contributed by atoms with Gasteiger partial charge in [-0.15, -0.1) is 0 Å². The van der Waals surface area contributed by atoms with E-state index in [0.29, 0.717) is 12.5 Å². The summed E-state index contributed by atoms with van der Waals surface area (Å²) in [6.45, 7) is 2.61. The average Bonchev–Trinajstić information content (AvgIpc) is 2.61. The van der Waals surface area contributed by atoms with Crippen molar-refractivity contribution in [1.82, 2.24) is 0 Å². The van der Waals surface area contributed by atoms with Crippen molar-refractivity contribution in [3.05, 3.63) is 23.2 Å². The van der Waals surface area contributed by atoms with Gasteiger partial charge in [-0.1, -0.05) is 19.3 Å². The predicted molar refractivity (Wildman–Crippen MR) is 57.2 cm³/mol. The number of rotatable bonds is 2. The summed E-state index contributed by atoms with van der Waals surface area (Å²) in [7, 11) is 0. The van der Waals surface area contributed by atoms with Crippen molar-refractivity contribution in [3.63, 3.8) is 0 Å². The maximum absolute atomic E-state index is 5.76. The van der Waals surface area contributed by atoms with Gasteiger partial charge in [0.25, 0.3) is 0 Å². The van der Waals surface area contributed by atoms with Gasteiger partial charge in [0.2, 0.25) is 0 Å². The van der Waals surface area contributed by atoms with Gasteiger partial charge in [-0.2, -0.15) is 0 Å². The van der Waals surface area contributed by atoms with Crippen molar-refractivity contribution < 1.29 is 4.42 Å². The third kappa shape index (κ3) is 1.85. The lowest BCUT2D eigenvalue weighted by Gasteiger charge is -2.19. The Morgan fingerprint density at radius 2 is 2.07 bits per heavy atom. The third-order valence-electron chi connectivity index (χ3n) is 3.27. The number of nitrogens with two attached hydrogens (primary N) is 1. The first kappa shape index (κ1) is 9.78. The molecule has 0 atom stereocenters. The Hall–Kier alpha value is -0.760. The molecule has 0 amide bonds. The molecule has 0 spiro atoms. The molecule has 1 aromatic rings. The van der Waals surface area contributed by atoms with Gasteiger partial charge in [-0.05, 0) is 25.8 Å². The van der Waals surface area contributed by atoms with Crippen LogP contribution in [-0.2, 0) is 6.54 Å². The fourth-order valence-electron chi connectivity index (χ4n) is 2.34. The fourth-order valence-corrected chi connectivity index (χ4v) is 2.34. The highest BCUT2D eigenvalue weighted by atomic mass is 16.3. The molecule has 78 valence electrons. The first-order chi connectivity index (χ1) is 6.81. The first-order valence-corrected chi connectivity index (χ1v) is 5.60. The molecule has 0 aromatic carbocycles. The van der Waals surface area contributed by atoms with Crippen LogP contribution in [0, 0.1) is 6.92 Å². The summed E-state index contributed by atoms with van der Waals surface area (Å²) in [5.74, 6) is 2.83. The summed E-state index contributed by atoms with van der Waals surface area (Å²) < 4.78 is 5.76. The minimum atomic E-state index is 0.599. The van der Waals surface area contributed by atoms with E-state index in [-0.39, 0.29) is 0 Å². The van der Waals surface area contributed by atoms with Crippen molar-refractivity contribution in [2.45, 2.75) is 51.5 Å². The van der Waals surface area contributed by atoms with Gasteiger partial charge in [-0.3, -0.25) is 0 Å². The molecule has 0 aliphatic heterocycles. The molecule has 2 nitrogen and oxygen atoms in total. The van der Waals surface area contributed by atoms with Gasteiger partial charge in [0.15, 0.2) is 0 Å². The highest BCUT2D eigenvalue weighted by Crippen LogP contribution is 2.34. The monoisotopic (exact) mass is 193 g/mol. The largest absolute Gasteiger partial charge is 0.466 e. The highest BCUT2D eigenvalue weighted by molar-refractivity contribution is 5.22. The predicted octanol–water partition coefficient (Wildman–Crippen LogP) is 3.09. The summed E-state index contributed by atoms with van der Waals surface area (Å²) in [6.07, 6.45) is 6.67. The SMILES string of the molecule is Cc1oc(C2CCCCC2)cc1CN. The molecule has 0 bridgehead atoms. The van der Waals surface area contributed by atoms with Crippen LogP contribution in [0.3, 0.4) is 0 Å². The number of furan rings is 1. The van der Waals surface area contributed by atoms with Crippen LogP contribution in [0.2, 0.25) is 0 Å². The lowest BCUT2D eigenvalue weighted by molar-refractivity contribution is 0.367. The van der Waals surface area contributed by atoms with Crippen molar-refractivity contribution in [2.24, 2.45) is 5.73 Å². The van der Waals surface area contributed by atoms with Crippen LogP contribution in [0.15, 0.2) is 10.5 Å². The minimum absolute atomic E-state index is 0.599. The van der Waals surface area contributed by atoms with Gasteiger partial charge in [0.05, 0.1) is 0 Å². The van der Waals surface area contributed by atoms with Crippen molar-refractivity contribution in [3.8, 4) is 0 Å². The van der Waals surface area contributed by atoms with Gasteiger partial charge < -0.3 is 10.2 Å². The Labute approximate surface area is 85.5 Å². The maximum atomic E-state index is 5.76. The molecule has 1 saturated carbocycles. The summed E-state index contributed by atoms with van der Waals surface area (Å²) >= 11 is 0. The van der Waals surface area contributed by atoms with Crippen LogP contribution in [-0.4, -0.2) is 0 Å². The van der Waals surface area contributed by atoms with E-state index in [2.05, 4.69) is 6.07 Å². The smallest absolute Gasteiger partial charge is 0.107 e. The average molecular weight is 193 g/mol. The number of aryl methyl sites for hydroxylation is 1. The molecule has 14 heavy (non-hydrogen) atoms. The molecule has 2 rings (SSSR count). The summed E-state index contributed by atoms with van der Waals surface area (Å²) in [5.41, 5.74) is 6.81. The molecule has 0 saturated heterocycles. The van der Waals surface area contributed by atoms with Crippen molar-refractivity contribution in [1.29, 1.82) is 0 Å². The van der Waals surface area contributed by atoms with E-state index in [4.69, 9.17) is 10.2 Å². The molecule has 1 fully saturated rings. The molecule has 0 unspecified atom stereocenters. The summed E-state index contributed by atoms with van der Waals surface area (Å²) in [5, 5.41) is 0. The van der Waals surface area contributed by atoms with Crippen LogP contribution in [0.1, 0.15) is 55.1 Å². The van der Waals surface area contributed by atoms with Gasteiger partial charge in [-0.25, -0.2) is 0 Å². The molecule has 0 radical (unpaired) electrons. The van der Waals surface area contributed by atoms with Crippen molar-refractivity contribution >= 4 is 0 Å². The van der Waals surface area contributed by atoms with Gasteiger partial charge in [0.1, 0.15) is 11.5 Å². The standard InChI is InChI=1S/C12H19NO/c1-9-11(8-13)7-12(14-9)10-5-3-2-4-6-10/h7,10H,2-6,8,13H2,1H3. The van der Waals surface area contributed by atoms with E-state index >= 15 is 0 Å². The van der Waals surface area contributed by atoms with Gasteiger partial charge >= 0.3 is 0 Å². The lowest BCUT2D eigenvalue weighted by Crippen LogP contribution is -2.03. The van der Waals surface area contributed by atoms with E-state index in [1.165, 1.54) is 43.4 Å². The van der Waals surface area contributed by atoms with Crippen LogP contribution in [0.4, 0.5) is 0 Å². The van der Waals surface area contributed by atoms with E-state index in [1.807, 2.05) is 6.92 Å². The maximum Gasteiger partial charge on any atom is 0.107 e. The quantitative estimate of drug-likeness (QED) is 0.784. The third-order valence-corrected chi connectivity index (χ3v) is 3.27. The Kier molecular flexibility index (Phi) is 2.92. The lowest BCUT2D eigenvalue weighted by atomic mass is 9.87. The zero-order valence-electron chi connectivity index (χ0n) is 8.88. The van der Waals surface area contributed by atoms with E-state index in [9.17, 15) is 0 Å². The molecule has 2 N–H and O–H groups in total. The minimum Gasteiger partial charge on any atom is -0.466 e. The zero-order chi connectivity index (χ0) is 9.97. The van der Waals surface area contributed by atoms with Gasteiger partial charge in [0, 0.05) is 18.0 Å². The fraction of sp³-hybridized carbons (Fsp3) is 0.667. The second kappa shape index (κ2) is 4.18. The van der Waals surface area contributed by atoms with Crippen LogP contribution < -0.4 is 5.73 Å². The van der Waals surface area contributed by atoms with Crippen LogP contribution >= 0.6 is 0 Å². The normalized spacial score (nSPS) is 18.7.